The first-order chi connectivity index (χ1) is 9.75. The average Bonchev–Trinajstić information content (AvgIpc) is 2.70. The molecule has 1 saturated carbocycles. The molecule has 1 aliphatic heterocycles. The van der Waals surface area contributed by atoms with Gasteiger partial charge in [0.25, 0.3) is 0 Å². The van der Waals surface area contributed by atoms with Crippen LogP contribution in [0.4, 0.5) is 0 Å². The molecule has 0 spiro atoms. The molecule has 21 heavy (non-hydrogen) atoms. The Morgan fingerprint density at radius 3 is 2.48 bits per heavy atom. The van der Waals surface area contributed by atoms with E-state index < -0.39 is 0 Å². The fraction of sp³-hybridized carbons (Fsp3) is 0.611. The molecule has 1 amide bonds. The summed E-state index contributed by atoms with van der Waals surface area (Å²) in [5.41, 5.74) is 3.05. The van der Waals surface area contributed by atoms with Crippen molar-refractivity contribution < 1.29 is 4.79 Å². The van der Waals surface area contributed by atoms with Crippen LogP contribution in [0.25, 0.3) is 0 Å². The third-order valence-corrected chi connectivity index (χ3v) is 6.14. The van der Waals surface area contributed by atoms with Gasteiger partial charge in [-0.2, -0.15) is 0 Å². The maximum absolute atomic E-state index is 12.3. The lowest BCUT2D eigenvalue weighted by atomic mass is 10.0. The molecule has 1 aromatic carbocycles. The molecule has 1 aliphatic carbocycles. The maximum Gasteiger partial charge on any atom is 0.238 e. The highest BCUT2D eigenvalue weighted by molar-refractivity contribution is 5.81. The standard InChI is InChI=1S/C18H26N2O/c1-12-7-6-8-13(9-12)16-19-10-15(21)20(16)11-14-17(2,3)18(14,4)5/h6-9,14,16,19H,10-11H2,1-5H3. The summed E-state index contributed by atoms with van der Waals surface area (Å²) >= 11 is 0. The topological polar surface area (TPSA) is 32.3 Å². The van der Waals surface area contributed by atoms with Gasteiger partial charge in [-0.3, -0.25) is 10.1 Å². The van der Waals surface area contributed by atoms with Gasteiger partial charge in [0.15, 0.2) is 0 Å². The molecule has 1 aromatic rings. The minimum absolute atomic E-state index is 0.0320. The molecule has 3 heteroatoms. The number of benzene rings is 1. The van der Waals surface area contributed by atoms with E-state index in [9.17, 15) is 4.79 Å². The second kappa shape index (κ2) is 4.57. The van der Waals surface area contributed by atoms with E-state index in [2.05, 4.69) is 64.2 Å². The molecule has 3 nitrogen and oxygen atoms in total. The van der Waals surface area contributed by atoms with Crippen molar-refractivity contribution in [1.29, 1.82) is 0 Å². The quantitative estimate of drug-likeness (QED) is 0.926. The summed E-state index contributed by atoms with van der Waals surface area (Å²) in [6.07, 6.45) is 0.0320. The molecule has 3 rings (SSSR count). The third-order valence-electron chi connectivity index (χ3n) is 6.14. The van der Waals surface area contributed by atoms with E-state index in [1.165, 1.54) is 11.1 Å². The van der Waals surface area contributed by atoms with Crippen molar-refractivity contribution in [2.75, 3.05) is 13.1 Å². The third kappa shape index (κ3) is 2.18. The normalized spacial score (nSPS) is 27.2. The van der Waals surface area contributed by atoms with Crippen molar-refractivity contribution in [3.05, 3.63) is 35.4 Å². The summed E-state index contributed by atoms with van der Waals surface area (Å²) in [7, 11) is 0. The van der Waals surface area contributed by atoms with E-state index in [-0.39, 0.29) is 12.1 Å². The first kappa shape index (κ1) is 14.6. The fourth-order valence-electron chi connectivity index (χ4n) is 3.87. The SMILES string of the molecule is Cc1cccc(C2NCC(=O)N2CC2C(C)(C)C2(C)C)c1. The zero-order valence-electron chi connectivity index (χ0n) is 13.7. The molecular formula is C18H26N2O. The minimum Gasteiger partial charge on any atom is -0.321 e. The zero-order valence-corrected chi connectivity index (χ0v) is 13.7. The molecule has 1 saturated heterocycles. The Morgan fingerprint density at radius 2 is 1.90 bits per heavy atom. The van der Waals surface area contributed by atoms with Gasteiger partial charge in [0.2, 0.25) is 5.91 Å². The largest absolute Gasteiger partial charge is 0.321 e. The van der Waals surface area contributed by atoms with Gasteiger partial charge < -0.3 is 4.90 Å². The summed E-state index contributed by atoms with van der Waals surface area (Å²) in [5, 5.41) is 3.36. The number of nitrogens with one attached hydrogen (secondary N) is 1. The number of amides is 1. The highest BCUT2D eigenvalue weighted by atomic mass is 16.2. The average molecular weight is 286 g/mol. The van der Waals surface area contributed by atoms with E-state index in [1.807, 2.05) is 4.90 Å². The molecule has 1 unspecified atom stereocenters. The lowest BCUT2D eigenvalue weighted by Crippen LogP contribution is -2.33. The van der Waals surface area contributed by atoms with E-state index in [0.717, 1.165) is 6.54 Å². The van der Waals surface area contributed by atoms with Crippen LogP contribution in [-0.4, -0.2) is 23.9 Å². The highest BCUT2D eigenvalue weighted by Gasteiger charge is 2.65. The molecule has 2 fully saturated rings. The summed E-state index contributed by atoms with van der Waals surface area (Å²) in [4.78, 5) is 14.3. The summed E-state index contributed by atoms with van der Waals surface area (Å²) < 4.78 is 0. The Balaban J connectivity index is 1.81. The smallest absolute Gasteiger partial charge is 0.238 e. The number of rotatable bonds is 3. The predicted octanol–water partition coefficient (Wildman–Crippen LogP) is 3.11. The van der Waals surface area contributed by atoms with Crippen LogP contribution in [0, 0.1) is 23.7 Å². The van der Waals surface area contributed by atoms with Crippen LogP contribution >= 0.6 is 0 Å². The molecule has 0 aromatic heterocycles. The van der Waals surface area contributed by atoms with Gasteiger partial charge in [0.05, 0.1) is 6.54 Å². The highest BCUT2D eigenvalue weighted by Crippen LogP contribution is 2.68. The van der Waals surface area contributed by atoms with Crippen LogP contribution in [0.2, 0.25) is 0 Å². The summed E-state index contributed by atoms with van der Waals surface area (Å²) in [5.74, 6) is 0.793. The van der Waals surface area contributed by atoms with Crippen LogP contribution in [0.1, 0.15) is 45.0 Å². The maximum atomic E-state index is 12.3. The first-order valence-electron chi connectivity index (χ1n) is 7.84. The Labute approximate surface area is 127 Å². The van der Waals surface area contributed by atoms with E-state index in [1.54, 1.807) is 0 Å². The van der Waals surface area contributed by atoms with Gasteiger partial charge in [0.1, 0.15) is 6.17 Å². The van der Waals surface area contributed by atoms with Gasteiger partial charge in [-0.25, -0.2) is 0 Å². The Kier molecular flexibility index (Phi) is 3.17. The van der Waals surface area contributed by atoms with Crippen molar-refractivity contribution in [2.24, 2.45) is 16.7 Å². The Hall–Kier alpha value is -1.35. The Morgan fingerprint density at radius 1 is 1.24 bits per heavy atom. The number of nitrogens with zero attached hydrogens (tertiary/aromatic N) is 1. The van der Waals surface area contributed by atoms with Gasteiger partial charge >= 0.3 is 0 Å². The number of hydrogen-bond donors (Lipinski definition) is 1. The van der Waals surface area contributed by atoms with Crippen LogP contribution in [0.5, 0.6) is 0 Å². The van der Waals surface area contributed by atoms with Crippen molar-refractivity contribution in [1.82, 2.24) is 10.2 Å². The lowest BCUT2D eigenvalue weighted by molar-refractivity contribution is -0.128. The van der Waals surface area contributed by atoms with Gasteiger partial charge in [-0.1, -0.05) is 57.5 Å². The fourth-order valence-corrected chi connectivity index (χ4v) is 3.87. The molecule has 0 bridgehead atoms. The van der Waals surface area contributed by atoms with Crippen molar-refractivity contribution in [3.8, 4) is 0 Å². The first-order valence-corrected chi connectivity index (χ1v) is 7.84. The lowest BCUT2D eigenvalue weighted by Gasteiger charge is -2.26. The Bertz CT molecular complexity index is 562. The monoisotopic (exact) mass is 286 g/mol. The molecule has 2 aliphatic rings. The van der Waals surface area contributed by atoms with Crippen LogP contribution < -0.4 is 5.32 Å². The van der Waals surface area contributed by atoms with E-state index in [0.29, 0.717) is 23.3 Å². The van der Waals surface area contributed by atoms with Gasteiger partial charge in [-0.05, 0) is 29.2 Å². The summed E-state index contributed by atoms with van der Waals surface area (Å²) in [6.45, 7) is 12.6. The number of aryl methyl sites for hydroxylation is 1. The minimum atomic E-state index is 0.0320. The molecular weight excluding hydrogens is 260 g/mol. The van der Waals surface area contributed by atoms with Crippen molar-refractivity contribution >= 4 is 5.91 Å². The summed E-state index contributed by atoms with van der Waals surface area (Å²) in [6, 6.07) is 8.45. The number of carbonyl (C=O) groups excluding carboxylic acids is 1. The van der Waals surface area contributed by atoms with Gasteiger partial charge in [0, 0.05) is 6.54 Å². The number of carbonyl (C=O) groups is 1. The molecule has 1 atom stereocenters. The molecule has 1 heterocycles. The molecule has 114 valence electrons. The van der Waals surface area contributed by atoms with Crippen LogP contribution in [-0.2, 0) is 4.79 Å². The van der Waals surface area contributed by atoms with Crippen LogP contribution in [0.15, 0.2) is 24.3 Å². The van der Waals surface area contributed by atoms with Crippen molar-refractivity contribution in [2.45, 2.75) is 40.8 Å². The predicted molar refractivity (Wildman–Crippen MR) is 84.7 cm³/mol. The second-order valence-electron chi connectivity index (χ2n) is 7.74. The zero-order chi connectivity index (χ0) is 15.4. The van der Waals surface area contributed by atoms with E-state index >= 15 is 0 Å². The number of hydrogen-bond acceptors (Lipinski definition) is 2. The van der Waals surface area contributed by atoms with Gasteiger partial charge in [-0.15, -0.1) is 0 Å². The second-order valence-corrected chi connectivity index (χ2v) is 7.74. The van der Waals surface area contributed by atoms with Crippen molar-refractivity contribution in [3.63, 3.8) is 0 Å². The molecule has 0 radical (unpaired) electrons. The van der Waals surface area contributed by atoms with E-state index in [4.69, 9.17) is 0 Å². The van der Waals surface area contributed by atoms with Crippen LogP contribution in [0.3, 0.4) is 0 Å². The molecule has 1 N–H and O–H groups in total.